The molecule has 2 aliphatic rings. The molecule has 122 valence electrons. The minimum Gasteiger partial charge on any atom is -0.345 e. The molecular weight excluding hydrogens is 314 g/mol. The van der Waals surface area contributed by atoms with Crippen LogP contribution in [0.15, 0.2) is 29.2 Å². The van der Waals surface area contributed by atoms with Gasteiger partial charge in [0.15, 0.2) is 0 Å². The van der Waals surface area contributed by atoms with Crippen LogP contribution in [-0.2, 0) is 14.8 Å². The largest absolute Gasteiger partial charge is 0.345 e. The van der Waals surface area contributed by atoms with Crippen molar-refractivity contribution in [3.05, 3.63) is 29.8 Å². The molecule has 1 aromatic rings. The zero-order chi connectivity index (χ0) is 16.7. The Morgan fingerprint density at radius 1 is 1.26 bits per heavy atom. The molecule has 0 bridgehead atoms. The van der Waals surface area contributed by atoms with Crippen LogP contribution in [-0.4, -0.2) is 50.2 Å². The number of carbonyl (C=O) groups excluding carboxylic acids is 1. The predicted molar refractivity (Wildman–Crippen MR) is 83.8 cm³/mol. The number of nitrogens with zero attached hydrogens (tertiary/aromatic N) is 3. The van der Waals surface area contributed by atoms with Crippen LogP contribution in [0.5, 0.6) is 0 Å². The summed E-state index contributed by atoms with van der Waals surface area (Å²) in [5, 5.41) is 8.93. The summed E-state index contributed by atoms with van der Waals surface area (Å²) in [6.45, 7) is 1.55. The fourth-order valence-electron chi connectivity index (χ4n) is 3.51. The Balaban J connectivity index is 1.77. The number of sulfonamides is 1. The topological polar surface area (TPSA) is 81.5 Å². The Morgan fingerprint density at radius 3 is 2.52 bits per heavy atom. The quantitative estimate of drug-likeness (QED) is 0.814. The normalized spacial score (nSPS) is 21.6. The third-order valence-electron chi connectivity index (χ3n) is 4.91. The van der Waals surface area contributed by atoms with Crippen LogP contribution in [0.25, 0.3) is 0 Å². The molecule has 1 aromatic carbocycles. The third-order valence-corrected chi connectivity index (χ3v) is 6.80. The van der Waals surface area contributed by atoms with Gasteiger partial charge in [-0.1, -0.05) is 6.07 Å². The van der Waals surface area contributed by atoms with Gasteiger partial charge in [-0.15, -0.1) is 0 Å². The van der Waals surface area contributed by atoms with Crippen LogP contribution >= 0.6 is 0 Å². The molecule has 2 heterocycles. The molecule has 0 saturated carbocycles. The maximum absolute atomic E-state index is 12.7. The molecule has 1 spiro atoms. The highest BCUT2D eigenvalue weighted by Gasteiger charge is 2.45. The Morgan fingerprint density at radius 2 is 1.96 bits per heavy atom. The fourth-order valence-corrected chi connectivity index (χ4v) is 5.00. The predicted octanol–water partition coefficient (Wildman–Crippen LogP) is 1.19. The van der Waals surface area contributed by atoms with Gasteiger partial charge in [0.05, 0.1) is 16.5 Å². The molecule has 23 heavy (non-hydrogen) atoms. The van der Waals surface area contributed by atoms with Gasteiger partial charge < -0.3 is 4.90 Å². The smallest absolute Gasteiger partial charge is 0.243 e. The van der Waals surface area contributed by atoms with E-state index in [0.717, 1.165) is 0 Å². The number of piperidine rings is 1. The summed E-state index contributed by atoms with van der Waals surface area (Å²) in [6.07, 6.45) is 1.90. The second-order valence-corrected chi connectivity index (χ2v) is 8.41. The summed E-state index contributed by atoms with van der Waals surface area (Å²) >= 11 is 0. The van der Waals surface area contributed by atoms with Crippen LogP contribution in [0, 0.1) is 16.7 Å². The number of likely N-dealkylation sites (tertiary alicyclic amines) is 1. The highest BCUT2D eigenvalue weighted by molar-refractivity contribution is 7.89. The van der Waals surface area contributed by atoms with Gasteiger partial charge in [-0.05, 0) is 36.5 Å². The first kappa shape index (κ1) is 16.0. The highest BCUT2D eigenvalue weighted by atomic mass is 32.2. The van der Waals surface area contributed by atoms with Crippen molar-refractivity contribution < 1.29 is 13.2 Å². The number of carbonyl (C=O) groups is 1. The second kappa shape index (κ2) is 5.62. The average molecular weight is 333 g/mol. The molecule has 3 rings (SSSR count). The van der Waals surface area contributed by atoms with Crippen LogP contribution < -0.4 is 0 Å². The monoisotopic (exact) mass is 333 g/mol. The van der Waals surface area contributed by atoms with E-state index in [9.17, 15) is 13.2 Å². The van der Waals surface area contributed by atoms with Crippen LogP contribution in [0.3, 0.4) is 0 Å². The number of hydrogen-bond acceptors (Lipinski definition) is 4. The lowest BCUT2D eigenvalue weighted by Crippen LogP contribution is -2.44. The van der Waals surface area contributed by atoms with Crippen molar-refractivity contribution in [1.82, 2.24) is 9.21 Å². The molecule has 0 N–H and O–H groups in total. The maximum Gasteiger partial charge on any atom is 0.243 e. The minimum absolute atomic E-state index is 0.0770. The standard InChI is InChI=1S/C16H19N3O3S/c1-18-12-16(10-15(18)20)5-7-19(8-6-16)23(21,22)14-4-2-3-13(9-14)11-17/h2-4,9H,5-8,10,12H2,1H3. The first-order valence-electron chi connectivity index (χ1n) is 7.61. The molecule has 2 saturated heterocycles. The van der Waals surface area contributed by atoms with Crippen molar-refractivity contribution in [3.8, 4) is 6.07 Å². The van der Waals surface area contributed by atoms with E-state index in [1.807, 2.05) is 6.07 Å². The molecule has 6 nitrogen and oxygen atoms in total. The van der Waals surface area contributed by atoms with Crippen LogP contribution in [0.2, 0.25) is 0 Å². The average Bonchev–Trinajstić information content (AvgIpc) is 2.81. The highest BCUT2D eigenvalue weighted by Crippen LogP contribution is 2.41. The van der Waals surface area contributed by atoms with Crippen molar-refractivity contribution in [2.45, 2.75) is 24.2 Å². The van der Waals surface area contributed by atoms with Gasteiger partial charge in [0.1, 0.15) is 0 Å². The lowest BCUT2D eigenvalue weighted by Gasteiger charge is -2.37. The number of hydrogen-bond donors (Lipinski definition) is 0. The van der Waals surface area contributed by atoms with Gasteiger partial charge in [0.2, 0.25) is 15.9 Å². The van der Waals surface area contributed by atoms with Gasteiger partial charge in [-0.3, -0.25) is 4.79 Å². The molecule has 0 atom stereocenters. The number of nitriles is 1. The zero-order valence-corrected chi connectivity index (χ0v) is 13.8. The molecule has 2 aliphatic heterocycles. The molecule has 0 aromatic heterocycles. The van der Waals surface area contributed by atoms with E-state index >= 15 is 0 Å². The van der Waals surface area contributed by atoms with Crippen molar-refractivity contribution in [2.75, 3.05) is 26.7 Å². The summed E-state index contributed by atoms with van der Waals surface area (Å²) in [6, 6.07) is 8.07. The van der Waals surface area contributed by atoms with Gasteiger partial charge in [-0.25, -0.2) is 8.42 Å². The van der Waals surface area contributed by atoms with Crippen molar-refractivity contribution in [3.63, 3.8) is 0 Å². The Labute approximate surface area is 136 Å². The molecule has 0 radical (unpaired) electrons. The van der Waals surface area contributed by atoms with Gasteiger partial charge in [0, 0.05) is 33.1 Å². The number of benzene rings is 1. The Kier molecular flexibility index (Phi) is 3.90. The first-order valence-corrected chi connectivity index (χ1v) is 9.05. The van der Waals surface area contributed by atoms with Crippen LogP contribution in [0.1, 0.15) is 24.8 Å². The van der Waals surface area contributed by atoms with E-state index in [2.05, 4.69) is 0 Å². The van der Waals surface area contributed by atoms with Gasteiger partial charge in [-0.2, -0.15) is 9.57 Å². The van der Waals surface area contributed by atoms with Crippen molar-refractivity contribution in [1.29, 1.82) is 5.26 Å². The van der Waals surface area contributed by atoms with E-state index in [1.165, 1.54) is 16.4 Å². The molecule has 2 fully saturated rings. The summed E-state index contributed by atoms with van der Waals surface area (Å²) in [5.41, 5.74) is 0.259. The van der Waals surface area contributed by atoms with E-state index in [1.54, 1.807) is 24.1 Å². The summed E-state index contributed by atoms with van der Waals surface area (Å²) in [5.74, 6) is 0.142. The maximum atomic E-state index is 12.7. The second-order valence-electron chi connectivity index (χ2n) is 6.47. The molecule has 1 amide bonds. The molecule has 0 aliphatic carbocycles. The number of amides is 1. The number of rotatable bonds is 2. The molecule has 0 unspecified atom stereocenters. The van der Waals surface area contributed by atoms with Crippen molar-refractivity contribution in [2.24, 2.45) is 5.41 Å². The summed E-state index contributed by atoms with van der Waals surface area (Å²) in [7, 11) is -1.79. The summed E-state index contributed by atoms with van der Waals surface area (Å²) < 4.78 is 26.9. The van der Waals surface area contributed by atoms with Gasteiger partial charge in [0.25, 0.3) is 0 Å². The minimum atomic E-state index is -3.58. The zero-order valence-electron chi connectivity index (χ0n) is 13.0. The molecular formula is C16H19N3O3S. The Bertz CT molecular complexity index is 774. The van der Waals surface area contributed by atoms with E-state index < -0.39 is 10.0 Å². The van der Waals surface area contributed by atoms with E-state index in [0.29, 0.717) is 44.5 Å². The van der Waals surface area contributed by atoms with Crippen molar-refractivity contribution >= 4 is 15.9 Å². The Hall–Kier alpha value is -1.91. The lowest BCUT2D eigenvalue weighted by molar-refractivity contribution is -0.126. The molecule has 7 heteroatoms. The summed E-state index contributed by atoms with van der Waals surface area (Å²) in [4.78, 5) is 13.7. The lowest BCUT2D eigenvalue weighted by atomic mass is 9.78. The fraction of sp³-hybridized carbons (Fsp3) is 0.500. The third kappa shape index (κ3) is 2.84. The first-order chi connectivity index (χ1) is 10.9. The van der Waals surface area contributed by atoms with E-state index in [4.69, 9.17) is 5.26 Å². The SMILES string of the molecule is CN1CC2(CCN(S(=O)(=O)c3cccc(C#N)c3)CC2)CC1=O. The van der Waals surface area contributed by atoms with Gasteiger partial charge >= 0.3 is 0 Å². The van der Waals surface area contributed by atoms with E-state index in [-0.39, 0.29) is 16.2 Å². The van der Waals surface area contributed by atoms with Crippen LogP contribution in [0.4, 0.5) is 0 Å².